The Kier molecular flexibility index (Phi) is 5.30. The van der Waals surface area contributed by atoms with Gasteiger partial charge in [0.05, 0.1) is 12.7 Å². The fourth-order valence-corrected chi connectivity index (χ4v) is 2.51. The highest BCUT2D eigenvalue weighted by atomic mass is 31.1. The van der Waals surface area contributed by atoms with Crippen LogP contribution in [0, 0.1) is 6.92 Å². The Morgan fingerprint density at radius 3 is 3.00 bits per heavy atom. The van der Waals surface area contributed by atoms with Crippen molar-refractivity contribution in [2.75, 3.05) is 6.61 Å². The van der Waals surface area contributed by atoms with Crippen LogP contribution in [0.15, 0.2) is 15.8 Å². The molecule has 0 bridgehead atoms. The Hall–Kier alpha value is -1.74. The highest BCUT2D eigenvalue weighted by molar-refractivity contribution is 7.33. The van der Waals surface area contributed by atoms with Crippen molar-refractivity contribution in [1.82, 2.24) is 9.55 Å². The van der Waals surface area contributed by atoms with E-state index in [2.05, 4.69) is 9.51 Å². The number of carbonyl (C=O) groups is 1. The lowest BCUT2D eigenvalue weighted by Gasteiger charge is -2.16. The maximum atomic E-state index is 11.8. The number of carbonyl (C=O) groups excluding carboxylic acids is 1. The zero-order valence-corrected chi connectivity index (χ0v) is 12.6. The molecule has 11 heteroatoms. The van der Waals surface area contributed by atoms with Gasteiger partial charge in [0, 0.05) is 18.2 Å². The van der Waals surface area contributed by atoms with Crippen molar-refractivity contribution in [3.63, 3.8) is 0 Å². The first kappa shape index (κ1) is 16.6. The monoisotopic (exact) mass is 334 g/mol. The minimum atomic E-state index is -2.98. The van der Waals surface area contributed by atoms with Crippen LogP contribution in [-0.2, 0) is 23.1 Å². The van der Waals surface area contributed by atoms with Crippen molar-refractivity contribution >= 4 is 14.7 Å². The first-order valence-corrected chi connectivity index (χ1v) is 7.57. The number of aromatic nitrogens is 2. The Morgan fingerprint density at radius 1 is 1.59 bits per heavy atom. The van der Waals surface area contributed by atoms with Gasteiger partial charge < -0.3 is 14.4 Å². The Morgan fingerprint density at radius 2 is 2.32 bits per heavy atom. The number of aliphatic hydroxyl groups is 1. The van der Waals surface area contributed by atoms with Crippen LogP contribution < -0.4 is 11.2 Å². The van der Waals surface area contributed by atoms with E-state index in [1.54, 1.807) is 0 Å². The average molecular weight is 334 g/mol. The molecule has 1 fully saturated rings. The molecule has 2 heterocycles. The predicted octanol–water partition coefficient (Wildman–Crippen LogP) is -0.927. The molecule has 1 aromatic rings. The summed E-state index contributed by atoms with van der Waals surface area (Å²) in [6.45, 7) is 1.27. The molecule has 2 rings (SSSR count). The van der Waals surface area contributed by atoms with Crippen molar-refractivity contribution in [2.24, 2.45) is 0 Å². The Labute approximate surface area is 124 Å². The third-order valence-electron chi connectivity index (χ3n) is 3.17. The van der Waals surface area contributed by atoms with E-state index in [0.717, 1.165) is 4.57 Å². The number of rotatable bonds is 6. The maximum Gasteiger partial charge on any atom is 0.369 e. The molecule has 2 N–H and O–H groups in total. The highest BCUT2D eigenvalue weighted by Crippen LogP contribution is 2.30. The molecule has 0 radical (unpaired) electrons. The summed E-state index contributed by atoms with van der Waals surface area (Å²) >= 11 is 0. The normalized spacial score (nSPS) is 25.8. The van der Waals surface area contributed by atoms with Gasteiger partial charge in [-0.15, -0.1) is 0 Å². The van der Waals surface area contributed by atoms with Crippen LogP contribution in [0.5, 0.6) is 0 Å². The predicted molar refractivity (Wildman–Crippen MR) is 72.7 cm³/mol. The van der Waals surface area contributed by atoms with E-state index in [1.165, 1.54) is 13.1 Å². The van der Waals surface area contributed by atoms with Gasteiger partial charge in [0.15, 0.2) is 0 Å². The molecule has 22 heavy (non-hydrogen) atoms. The lowest BCUT2D eigenvalue weighted by Crippen LogP contribution is -2.33. The van der Waals surface area contributed by atoms with E-state index in [4.69, 9.17) is 9.26 Å². The summed E-state index contributed by atoms with van der Waals surface area (Å²) in [5.74, 6) is 0. The molecule has 1 saturated heterocycles. The number of aliphatic hydroxyl groups excluding tert-OH is 1. The quantitative estimate of drug-likeness (QED) is 0.503. The number of hydrogen-bond acceptors (Lipinski definition) is 8. The van der Waals surface area contributed by atoms with Gasteiger partial charge in [-0.1, -0.05) is 0 Å². The fourth-order valence-electron chi connectivity index (χ4n) is 2.06. The third-order valence-corrected chi connectivity index (χ3v) is 3.86. The van der Waals surface area contributed by atoms with E-state index in [1.807, 2.05) is 0 Å². The first-order chi connectivity index (χ1) is 10.4. The van der Waals surface area contributed by atoms with Crippen LogP contribution in [0.4, 0.5) is 0 Å². The standard InChI is InChI=1S/C11H15N2O8P/c1-6-3-13(11(17)12-10(6)16)9-2-7(15)8(21-9)4-19-22(18)20-5-14/h3,5,7-9,15,22H,2,4H2,1H3,(H,12,16,17)/t7-,8+,9+/m0/s1. The molecule has 0 spiro atoms. The highest BCUT2D eigenvalue weighted by Gasteiger charge is 2.36. The molecule has 4 atom stereocenters. The van der Waals surface area contributed by atoms with E-state index in [9.17, 15) is 24.1 Å². The molecule has 0 saturated carbocycles. The van der Waals surface area contributed by atoms with Gasteiger partial charge >= 0.3 is 13.9 Å². The second kappa shape index (κ2) is 7.01. The van der Waals surface area contributed by atoms with E-state index < -0.39 is 37.9 Å². The largest absolute Gasteiger partial charge is 0.396 e. The number of H-pyrrole nitrogens is 1. The molecule has 122 valence electrons. The smallest absolute Gasteiger partial charge is 0.369 e. The number of aryl methyl sites for hydroxylation is 1. The Balaban J connectivity index is 2.06. The van der Waals surface area contributed by atoms with Crippen molar-refractivity contribution in [3.05, 3.63) is 32.6 Å². The Bertz CT molecular complexity index is 683. The van der Waals surface area contributed by atoms with Crippen molar-refractivity contribution in [1.29, 1.82) is 0 Å². The van der Waals surface area contributed by atoms with Crippen molar-refractivity contribution in [3.8, 4) is 0 Å². The van der Waals surface area contributed by atoms with Gasteiger partial charge in [-0.3, -0.25) is 23.7 Å². The van der Waals surface area contributed by atoms with Crippen LogP contribution in [0.3, 0.4) is 0 Å². The van der Waals surface area contributed by atoms with Gasteiger partial charge in [0.25, 0.3) is 12.0 Å². The molecule has 10 nitrogen and oxygen atoms in total. The second-order valence-electron chi connectivity index (χ2n) is 4.69. The molecule has 0 aliphatic carbocycles. The summed E-state index contributed by atoms with van der Waals surface area (Å²) in [4.78, 5) is 35.2. The van der Waals surface area contributed by atoms with Gasteiger partial charge in [0.2, 0.25) is 0 Å². The van der Waals surface area contributed by atoms with Crippen LogP contribution in [0.25, 0.3) is 0 Å². The van der Waals surface area contributed by atoms with E-state index in [-0.39, 0.29) is 19.5 Å². The number of aromatic amines is 1. The van der Waals surface area contributed by atoms with Gasteiger partial charge in [-0.25, -0.2) is 9.36 Å². The molecule has 0 aromatic carbocycles. The molecule has 1 unspecified atom stereocenters. The van der Waals surface area contributed by atoms with Crippen LogP contribution in [-0.4, -0.2) is 39.9 Å². The van der Waals surface area contributed by atoms with Crippen LogP contribution >= 0.6 is 8.25 Å². The first-order valence-electron chi connectivity index (χ1n) is 6.35. The summed E-state index contributed by atoms with van der Waals surface area (Å²) in [5.41, 5.74) is -0.835. The van der Waals surface area contributed by atoms with Gasteiger partial charge in [0.1, 0.15) is 12.3 Å². The summed E-state index contributed by atoms with van der Waals surface area (Å²) in [7, 11) is -2.98. The van der Waals surface area contributed by atoms with Crippen molar-refractivity contribution in [2.45, 2.75) is 31.8 Å². The summed E-state index contributed by atoms with van der Waals surface area (Å²) < 4.78 is 26.6. The molecular weight excluding hydrogens is 319 g/mol. The number of ether oxygens (including phenoxy) is 1. The molecule has 1 aromatic heterocycles. The molecular formula is C11H15N2O8P. The number of hydrogen-bond donors (Lipinski definition) is 2. The topological polar surface area (TPSA) is 137 Å². The second-order valence-corrected chi connectivity index (χ2v) is 5.71. The molecule has 1 aliphatic rings. The fraction of sp³-hybridized carbons (Fsp3) is 0.545. The third kappa shape index (κ3) is 3.72. The van der Waals surface area contributed by atoms with Crippen molar-refractivity contribution < 1.29 is 28.3 Å². The van der Waals surface area contributed by atoms with Crippen LogP contribution in [0.1, 0.15) is 18.2 Å². The summed E-state index contributed by atoms with van der Waals surface area (Å²) in [6, 6.07) is 0. The SMILES string of the molecule is Cc1cn([C@H]2C[C@H](O)[C@@H](CO[PH](=O)OC=O)O2)c(=O)[nH]c1=O. The molecule has 1 aliphatic heterocycles. The maximum absolute atomic E-state index is 11.8. The minimum absolute atomic E-state index is 0.00130. The lowest BCUT2D eigenvalue weighted by atomic mass is 10.2. The number of nitrogens with zero attached hydrogens (tertiary/aromatic N) is 1. The number of nitrogens with one attached hydrogen (secondary N) is 1. The zero-order chi connectivity index (χ0) is 16.3. The average Bonchev–Trinajstić information content (AvgIpc) is 2.82. The van der Waals surface area contributed by atoms with E-state index >= 15 is 0 Å². The zero-order valence-electron chi connectivity index (χ0n) is 11.6. The van der Waals surface area contributed by atoms with Crippen LogP contribution in [0.2, 0.25) is 0 Å². The van der Waals surface area contributed by atoms with E-state index in [0.29, 0.717) is 5.56 Å². The summed E-state index contributed by atoms with van der Waals surface area (Å²) in [6.07, 6.45) is -1.17. The van der Waals surface area contributed by atoms with Gasteiger partial charge in [-0.05, 0) is 6.92 Å². The lowest BCUT2D eigenvalue weighted by molar-refractivity contribution is -0.121. The van der Waals surface area contributed by atoms with Gasteiger partial charge in [-0.2, -0.15) is 0 Å². The molecule has 0 amide bonds. The summed E-state index contributed by atoms with van der Waals surface area (Å²) in [5, 5.41) is 9.88. The minimum Gasteiger partial charge on any atom is -0.396 e.